The smallest absolute Gasteiger partial charge is 0.251 e. The molecule has 26 heavy (non-hydrogen) atoms. The first-order valence-electron chi connectivity index (χ1n) is 8.15. The van der Waals surface area contributed by atoms with Crippen LogP contribution in [-0.2, 0) is 15.6 Å². The Kier molecular flexibility index (Phi) is 8.27. The average Bonchev–Trinajstić information content (AvgIpc) is 2.60. The molecule has 0 aliphatic heterocycles. The highest BCUT2D eigenvalue weighted by atomic mass is 35.5. The molecular formula is C19H25ClN2O3S. The fourth-order valence-electron chi connectivity index (χ4n) is 2.25. The number of sulfone groups is 1. The molecule has 0 spiro atoms. The highest BCUT2D eigenvalue weighted by Gasteiger charge is 2.15. The van der Waals surface area contributed by atoms with E-state index in [0.29, 0.717) is 22.6 Å². The molecule has 0 saturated heterocycles. The summed E-state index contributed by atoms with van der Waals surface area (Å²) >= 11 is 0. The lowest BCUT2D eigenvalue weighted by Crippen LogP contribution is -2.37. The van der Waals surface area contributed by atoms with Crippen LogP contribution in [0.1, 0.15) is 28.4 Å². The Hall–Kier alpha value is -1.89. The van der Waals surface area contributed by atoms with E-state index in [-0.39, 0.29) is 30.1 Å². The second kappa shape index (κ2) is 9.71. The summed E-state index contributed by atoms with van der Waals surface area (Å²) in [6.45, 7) is 4.41. The molecule has 0 aromatic heterocycles. The third kappa shape index (κ3) is 6.12. The lowest BCUT2D eigenvalue weighted by Gasteiger charge is -2.11. The Morgan fingerprint density at radius 1 is 1.04 bits per heavy atom. The highest BCUT2D eigenvalue weighted by Crippen LogP contribution is 2.17. The monoisotopic (exact) mass is 396 g/mol. The minimum atomic E-state index is -3.40. The third-order valence-electron chi connectivity index (χ3n) is 4.01. The standard InChI is InChI=1S/C19H24N2O3S.ClH/c1-14-4-10-18(11-5-14)25(23,24)13-16-6-8-17(9-7-16)19(22)21-12-15(2)20-3;/h4-11,15,20H,12-13H2,1-3H3,(H,21,22);1H. The van der Waals surface area contributed by atoms with Crippen molar-refractivity contribution in [1.29, 1.82) is 0 Å². The summed E-state index contributed by atoms with van der Waals surface area (Å²) in [5.74, 6) is -0.260. The Labute approximate surface area is 161 Å². The van der Waals surface area contributed by atoms with Gasteiger partial charge in [0.1, 0.15) is 0 Å². The first-order chi connectivity index (χ1) is 11.8. The van der Waals surface area contributed by atoms with Gasteiger partial charge in [0.05, 0.1) is 10.6 Å². The maximum atomic E-state index is 12.5. The Morgan fingerprint density at radius 3 is 2.15 bits per heavy atom. The summed E-state index contributed by atoms with van der Waals surface area (Å²) < 4.78 is 24.9. The molecule has 0 heterocycles. The predicted octanol–water partition coefficient (Wildman–Crippen LogP) is 2.73. The molecule has 1 unspecified atom stereocenters. The molecule has 1 amide bonds. The quantitative estimate of drug-likeness (QED) is 0.754. The zero-order valence-electron chi connectivity index (χ0n) is 15.2. The molecule has 7 heteroatoms. The van der Waals surface area contributed by atoms with Crippen molar-refractivity contribution >= 4 is 28.2 Å². The van der Waals surface area contributed by atoms with Crippen molar-refractivity contribution in [1.82, 2.24) is 10.6 Å². The van der Waals surface area contributed by atoms with Crippen molar-refractivity contribution in [3.63, 3.8) is 0 Å². The van der Waals surface area contributed by atoms with E-state index < -0.39 is 9.84 Å². The zero-order valence-corrected chi connectivity index (χ0v) is 16.8. The van der Waals surface area contributed by atoms with E-state index in [1.807, 2.05) is 20.9 Å². The Bertz CT molecular complexity index is 819. The second-order valence-electron chi connectivity index (χ2n) is 6.17. The molecule has 0 aliphatic carbocycles. The van der Waals surface area contributed by atoms with E-state index >= 15 is 0 Å². The van der Waals surface area contributed by atoms with Gasteiger partial charge in [0.2, 0.25) is 0 Å². The first-order valence-corrected chi connectivity index (χ1v) is 9.81. The Morgan fingerprint density at radius 2 is 1.62 bits per heavy atom. The number of carbonyl (C=O) groups excluding carboxylic acids is 1. The number of amides is 1. The van der Waals surface area contributed by atoms with Gasteiger partial charge in [0, 0.05) is 18.2 Å². The van der Waals surface area contributed by atoms with Crippen LogP contribution in [0.2, 0.25) is 0 Å². The van der Waals surface area contributed by atoms with Gasteiger partial charge in [-0.2, -0.15) is 0 Å². The van der Waals surface area contributed by atoms with E-state index in [4.69, 9.17) is 0 Å². The minimum Gasteiger partial charge on any atom is -0.350 e. The SMILES string of the molecule is CNC(C)CNC(=O)c1ccc(CS(=O)(=O)c2ccc(C)cc2)cc1.Cl. The second-order valence-corrected chi connectivity index (χ2v) is 8.16. The van der Waals surface area contributed by atoms with Crippen LogP contribution >= 0.6 is 12.4 Å². The van der Waals surface area contributed by atoms with Crippen molar-refractivity contribution in [2.45, 2.75) is 30.5 Å². The first kappa shape index (κ1) is 22.2. The summed E-state index contributed by atoms with van der Waals surface area (Å²) in [6.07, 6.45) is 0. The summed E-state index contributed by atoms with van der Waals surface area (Å²) in [5.41, 5.74) is 2.18. The number of likely N-dealkylation sites (N-methyl/N-ethyl adjacent to an activating group) is 1. The molecule has 0 saturated carbocycles. The van der Waals surface area contributed by atoms with Crippen molar-refractivity contribution in [2.75, 3.05) is 13.6 Å². The van der Waals surface area contributed by atoms with Gasteiger partial charge in [0.15, 0.2) is 9.84 Å². The maximum absolute atomic E-state index is 12.5. The molecule has 1 atom stereocenters. The van der Waals surface area contributed by atoms with Crippen LogP contribution in [0.25, 0.3) is 0 Å². The van der Waals surface area contributed by atoms with E-state index in [1.165, 1.54) is 0 Å². The van der Waals surface area contributed by atoms with Gasteiger partial charge >= 0.3 is 0 Å². The largest absolute Gasteiger partial charge is 0.350 e. The molecule has 0 aliphatic rings. The molecule has 0 bridgehead atoms. The van der Waals surface area contributed by atoms with Crippen LogP contribution < -0.4 is 10.6 Å². The number of hydrogen-bond donors (Lipinski definition) is 2. The number of carbonyl (C=O) groups is 1. The number of hydrogen-bond acceptors (Lipinski definition) is 4. The molecule has 0 radical (unpaired) electrons. The van der Waals surface area contributed by atoms with Crippen molar-refractivity contribution in [2.24, 2.45) is 0 Å². The van der Waals surface area contributed by atoms with Crippen LogP contribution in [0.4, 0.5) is 0 Å². The van der Waals surface area contributed by atoms with Crippen LogP contribution in [0.15, 0.2) is 53.4 Å². The van der Waals surface area contributed by atoms with Crippen molar-refractivity contribution < 1.29 is 13.2 Å². The maximum Gasteiger partial charge on any atom is 0.251 e. The fourth-order valence-corrected chi connectivity index (χ4v) is 3.60. The predicted molar refractivity (Wildman–Crippen MR) is 107 cm³/mol. The van der Waals surface area contributed by atoms with Gasteiger partial charge < -0.3 is 10.6 Å². The molecule has 2 aromatic carbocycles. The van der Waals surface area contributed by atoms with Crippen molar-refractivity contribution in [3.8, 4) is 0 Å². The third-order valence-corrected chi connectivity index (χ3v) is 5.72. The van der Waals surface area contributed by atoms with Gasteiger partial charge in [-0.15, -0.1) is 12.4 Å². The minimum absolute atomic E-state index is 0. The zero-order chi connectivity index (χ0) is 18.4. The average molecular weight is 397 g/mol. The fraction of sp³-hybridized carbons (Fsp3) is 0.316. The number of halogens is 1. The van der Waals surface area contributed by atoms with E-state index in [1.54, 1.807) is 48.5 Å². The number of benzene rings is 2. The lowest BCUT2D eigenvalue weighted by atomic mass is 10.1. The molecule has 5 nitrogen and oxygen atoms in total. The Balaban J connectivity index is 0.00000338. The summed E-state index contributed by atoms with van der Waals surface area (Å²) in [7, 11) is -1.56. The molecule has 2 rings (SSSR count). The highest BCUT2D eigenvalue weighted by molar-refractivity contribution is 7.90. The summed E-state index contributed by atoms with van der Waals surface area (Å²) in [5, 5.41) is 5.87. The topological polar surface area (TPSA) is 75.3 Å². The van der Waals surface area contributed by atoms with Gasteiger partial charge in [-0.1, -0.05) is 29.8 Å². The lowest BCUT2D eigenvalue weighted by molar-refractivity contribution is 0.0950. The summed E-state index contributed by atoms with van der Waals surface area (Å²) in [4.78, 5) is 12.4. The van der Waals surface area contributed by atoms with E-state index in [0.717, 1.165) is 5.56 Å². The van der Waals surface area contributed by atoms with Crippen LogP contribution in [0, 0.1) is 6.92 Å². The van der Waals surface area contributed by atoms with E-state index in [2.05, 4.69) is 10.6 Å². The van der Waals surface area contributed by atoms with Gasteiger partial charge in [0.25, 0.3) is 5.91 Å². The van der Waals surface area contributed by atoms with Crippen LogP contribution in [0.3, 0.4) is 0 Å². The number of nitrogens with one attached hydrogen (secondary N) is 2. The van der Waals surface area contributed by atoms with E-state index in [9.17, 15) is 13.2 Å². The normalized spacial score (nSPS) is 12.1. The molecule has 2 N–H and O–H groups in total. The van der Waals surface area contributed by atoms with Crippen LogP contribution in [0.5, 0.6) is 0 Å². The molecule has 142 valence electrons. The number of rotatable bonds is 7. The van der Waals surface area contributed by atoms with Gasteiger partial charge in [-0.3, -0.25) is 4.79 Å². The van der Waals surface area contributed by atoms with Gasteiger partial charge in [-0.05, 0) is 50.7 Å². The van der Waals surface area contributed by atoms with Crippen molar-refractivity contribution in [3.05, 3.63) is 65.2 Å². The molecular weight excluding hydrogens is 372 g/mol. The number of aryl methyl sites for hydroxylation is 1. The van der Waals surface area contributed by atoms with Crippen LogP contribution in [-0.4, -0.2) is 34.0 Å². The molecule has 0 fully saturated rings. The molecule has 2 aromatic rings. The summed E-state index contributed by atoms with van der Waals surface area (Å²) in [6, 6.07) is 13.7. The van der Waals surface area contributed by atoms with Gasteiger partial charge in [-0.25, -0.2) is 8.42 Å².